The minimum atomic E-state index is -0.197. The van der Waals surface area contributed by atoms with Gasteiger partial charge in [0.15, 0.2) is 0 Å². The van der Waals surface area contributed by atoms with Crippen molar-refractivity contribution in [1.82, 2.24) is 5.32 Å². The van der Waals surface area contributed by atoms with Gasteiger partial charge < -0.3 is 5.32 Å². The predicted octanol–water partition coefficient (Wildman–Crippen LogP) is 4.87. The summed E-state index contributed by atoms with van der Waals surface area (Å²) in [7, 11) is 0. The molecule has 0 heterocycles. The molecule has 0 fully saturated rings. The van der Waals surface area contributed by atoms with Crippen molar-refractivity contribution in [2.45, 2.75) is 42.6 Å². The summed E-state index contributed by atoms with van der Waals surface area (Å²) in [5.41, 5.74) is 1.35. The molecule has 0 unspecified atom stereocenters. The van der Waals surface area contributed by atoms with Crippen LogP contribution in [0.5, 0.6) is 0 Å². The van der Waals surface area contributed by atoms with Crippen LogP contribution in [0.15, 0.2) is 58.3 Å². The van der Waals surface area contributed by atoms with E-state index in [1.54, 1.807) is 11.8 Å². The minimum Gasteiger partial charge on any atom is -0.308 e. The monoisotopic (exact) mass is 289 g/mol. The highest BCUT2D eigenvalue weighted by Gasteiger charge is 2.10. The molecule has 0 amide bonds. The van der Waals surface area contributed by atoms with E-state index in [-0.39, 0.29) is 11.4 Å². The van der Waals surface area contributed by atoms with Crippen molar-refractivity contribution in [3.05, 3.63) is 59.9 Å². The van der Waals surface area contributed by atoms with Gasteiger partial charge in [-0.05, 0) is 56.7 Å². The zero-order valence-corrected chi connectivity index (χ0v) is 12.9. The highest BCUT2D eigenvalue weighted by Crippen LogP contribution is 2.30. The van der Waals surface area contributed by atoms with Gasteiger partial charge in [-0.25, -0.2) is 4.39 Å². The summed E-state index contributed by atoms with van der Waals surface area (Å²) in [6.07, 6.45) is 0. The number of halogens is 1. The van der Waals surface area contributed by atoms with Gasteiger partial charge in [-0.1, -0.05) is 30.0 Å². The van der Waals surface area contributed by atoms with Crippen molar-refractivity contribution in [2.75, 3.05) is 0 Å². The Hall–Kier alpha value is -1.32. The number of hydrogen-bond acceptors (Lipinski definition) is 2. The maximum absolute atomic E-state index is 12.9. The molecule has 2 rings (SSSR count). The Morgan fingerprint density at radius 3 is 2.30 bits per heavy atom. The quantitative estimate of drug-likeness (QED) is 0.862. The van der Waals surface area contributed by atoms with Crippen LogP contribution in [0.1, 0.15) is 26.3 Å². The van der Waals surface area contributed by atoms with Crippen LogP contribution in [0.2, 0.25) is 0 Å². The van der Waals surface area contributed by atoms with Crippen LogP contribution in [0.3, 0.4) is 0 Å². The van der Waals surface area contributed by atoms with E-state index in [9.17, 15) is 4.39 Å². The van der Waals surface area contributed by atoms with Crippen LogP contribution in [-0.4, -0.2) is 5.54 Å². The zero-order valence-electron chi connectivity index (χ0n) is 12.1. The summed E-state index contributed by atoms with van der Waals surface area (Å²) in [5, 5.41) is 3.50. The standard InChI is InChI=1S/C17H20FNS/c1-17(2,3)19-12-13-6-4-5-7-16(13)20-15-10-8-14(18)9-11-15/h4-11,19H,12H2,1-3H3. The van der Waals surface area contributed by atoms with Crippen LogP contribution >= 0.6 is 11.8 Å². The molecule has 0 radical (unpaired) electrons. The van der Waals surface area contributed by atoms with Gasteiger partial charge in [-0.15, -0.1) is 0 Å². The molecule has 0 aromatic heterocycles. The molecule has 0 aliphatic heterocycles. The zero-order chi connectivity index (χ0) is 14.6. The molecule has 0 spiro atoms. The Kier molecular flexibility index (Phi) is 4.84. The van der Waals surface area contributed by atoms with Crippen molar-refractivity contribution in [3.63, 3.8) is 0 Å². The summed E-state index contributed by atoms with van der Waals surface area (Å²) < 4.78 is 12.9. The Bertz CT molecular complexity index is 558. The number of benzene rings is 2. The molecule has 0 aliphatic rings. The lowest BCUT2D eigenvalue weighted by atomic mass is 10.1. The Balaban J connectivity index is 2.13. The topological polar surface area (TPSA) is 12.0 Å². The molecular formula is C17H20FNS. The second-order valence-electron chi connectivity index (χ2n) is 5.77. The van der Waals surface area contributed by atoms with Gasteiger partial charge in [-0.3, -0.25) is 0 Å². The van der Waals surface area contributed by atoms with Crippen LogP contribution in [-0.2, 0) is 6.54 Å². The molecule has 20 heavy (non-hydrogen) atoms. The van der Waals surface area contributed by atoms with Crippen molar-refractivity contribution >= 4 is 11.8 Å². The smallest absolute Gasteiger partial charge is 0.123 e. The van der Waals surface area contributed by atoms with Crippen LogP contribution in [0.4, 0.5) is 4.39 Å². The second kappa shape index (κ2) is 6.42. The van der Waals surface area contributed by atoms with E-state index in [0.717, 1.165) is 11.4 Å². The molecule has 2 aromatic rings. The normalized spacial score (nSPS) is 11.6. The van der Waals surface area contributed by atoms with Crippen molar-refractivity contribution in [1.29, 1.82) is 0 Å². The maximum Gasteiger partial charge on any atom is 0.123 e. The SMILES string of the molecule is CC(C)(C)NCc1ccccc1Sc1ccc(F)cc1. The minimum absolute atomic E-state index is 0.0909. The van der Waals surface area contributed by atoms with Crippen molar-refractivity contribution < 1.29 is 4.39 Å². The lowest BCUT2D eigenvalue weighted by Gasteiger charge is -2.21. The molecule has 2 aromatic carbocycles. The van der Waals surface area contributed by atoms with Gasteiger partial charge in [0.25, 0.3) is 0 Å². The van der Waals surface area contributed by atoms with Gasteiger partial charge in [0.1, 0.15) is 5.82 Å². The molecule has 0 saturated carbocycles. The molecule has 1 N–H and O–H groups in total. The van der Waals surface area contributed by atoms with Crippen LogP contribution in [0.25, 0.3) is 0 Å². The number of nitrogens with one attached hydrogen (secondary N) is 1. The fraction of sp³-hybridized carbons (Fsp3) is 0.294. The summed E-state index contributed by atoms with van der Waals surface area (Å²) in [6.45, 7) is 7.29. The number of hydrogen-bond donors (Lipinski definition) is 1. The van der Waals surface area contributed by atoms with Gasteiger partial charge in [0, 0.05) is 21.9 Å². The van der Waals surface area contributed by atoms with E-state index < -0.39 is 0 Å². The third-order valence-electron chi connectivity index (χ3n) is 2.82. The first kappa shape index (κ1) is 15.1. The highest BCUT2D eigenvalue weighted by atomic mass is 32.2. The van der Waals surface area contributed by atoms with Crippen LogP contribution in [0, 0.1) is 5.82 Å². The predicted molar refractivity (Wildman–Crippen MR) is 83.6 cm³/mol. The maximum atomic E-state index is 12.9. The molecule has 1 nitrogen and oxygen atoms in total. The first-order chi connectivity index (χ1) is 9.44. The average Bonchev–Trinajstić information content (AvgIpc) is 2.39. The van der Waals surface area contributed by atoms with Gasteiger partial charge in [0.2, 0.25) is 0 Å². The van der Waals surface area contributed by atoms with E-state index in [2.05, 4.69) is 38.2 Å². The van der Waals surface area contributed by atoms with Crippen LogP contribution < -0.4 is 5.32 Å². The van der Waals surface area contributed by atoms with E-state index in [1.807, 2.05) is 24.3 Å². The summed E-state index contributed by atoms with van der Waals surface area (Å²) in [4.78, 5) is 2.26. The van der Waals surface area contributed by atoms with Gasteiger partial charge >= 0.3 is 0 Å². The molecule has 0 aliphatic carbocycles. The van der Waals surface area contributed by atoms with E-state index in [1.165, 1.54) is 22.6 Å². The molecule has 3 heteroatoms. The second-order valence-corrected chi connectivity index (χ2v) is 6.88. The third kappa shape index (κ3) is 4.66. The lowest BCUT2D eigenvalue weighted by molar-refractivity contribution is 0.422. The fourth-order valence-corrected chi connectivity index (χ4v) is 2.68. The first-order valence-corrected chi connectivity index (χ1v) is 7.52. The third-order valence-corrected chi connectivity index (χ3v) is 3.95. The highest BCUT2D eigenvalue weighted by molar-refractivity contribution is 7.99. The molecular weight excluding hydrogens is 269 g/mol. The van der Waals surface area contributed by atoms with Crippen molar-refractivity contribution in [3.8, 4) is 0 Å². The number of rotatable bonds is 4. The summed E-state index contributed by atoms with van der Waals surface area (Å²) in [5.74, 6) is -0.197. The molecule has 106 valence electrons. The molecule has 0 saturated heterocycles. The summed E-state index contributed by atoms with van der Waals surface area (Å²) >= 11 is 1.67. The van der Waals surface area contributed by atoms with Crippen molar-refractivity contribution in [2.24, 2.45) is 0 Å². The summed E-state index contributed by atoms with van der Waals surface area (Å²) in [6, 6.07) is 14.9. The van der Waals surface area contributed by atoms with E-state index >= 15 is 0 Å². The van der Waals surface area contributed by atoms with Gasteiger partial charge in [-0.2, -0.15) is 0 Å². The molecule has 0 atom stereocenters. The Morgan fingerprint density at radius 2 is 1.65 bits per heavy atom. The molecule has 0 bridgehead atoms. The van der Waals surface area contributed by atoms with E-state index in [4.69, 9.17) is 0 Å². The first-order valence-electron chi connectivity index (χ1n) is 6.70. The average molecular weight is 289 g/mol. The largest absolute Gasteiger partial charge is 0.308 e. The fourth-order valence-electron chi connectivity index (χ4n) is 1.74. The van der Waals surface area contributed by atoms with E-state index in [0.29, 0.717) is 0 Å². The lowest BCUT2D eigenvalue weighted by Crippen LogP contribution is -2.35. The Morgan fingerprint density at radius 1 is 1.00 bits per heavy atom. The Labute approximate surface area is 124 Å². The van der Waals surface area contributed by atoms with Gasteiger partial charge in [0.05, 0.1) is 0 Å².